The normalized spacial score (nSPS) is 18.9. The highest BCUT2D eigenvalue weighted by atomic mass is 32.2. The van der Waals surface area contributed by atoms with E-state index in [1.54, 1.807) is 0 Å². The van der Waals surface area contributed by atoms with Gasteiger partial charge in [0.05, 0.1) is 13.1 Å². The van der Waals surface area contributed by atoms with E-state index >= 15 is 0 Å². The summed E-state index contributed by atoms with van der Waals surface area (Å²) in [5.41, 5.74) is 0. The molecule has 0 aliphatic carbocycles. The zero-order chi connectivity index (χ0) is 15.5. The van der Waals surface area contributed by atoms with E-state index in [9.17, 15) is 12.8 Å². The van der Waals surface area contributed by atoms with E-state index < -0.39 is 22.3 Å². The Bertz CT molecular complexity index is 563. The first-order valence-electron chi connectivity index (χ1n) is 6.91. The van der Waals surface area contributed by atoms with Gasteiger partial charge in [0.2, 0.25) is 0 Å². The van der Waals surface area contributed by atoms with Crippen LogP contribution in [-0.2, 0) is 19.5 Å². The molecule has 1 aromatic carbocycles. The molecule has 0 bridgehead atoms. The van der Waals surface area contributed by atoms with Gasteiger partial charge in [-0.15, -0.1) is 0 Å². The summed E-state index contributed by atoms with van der Waals surface area (Å²) in [7, 11) is -0.876. The molecule has 7 heteroatoms. The van der Waals surface area contributed by atoms with E-state index in [4.69, 9.17) is 9.47 Å². The minimum Gasteiger partial charge on any atom is -0.308 e. The fraction of sp³-hybridized carbons (Fsp3) is 0.571. The number of piperidine rings is 1. The van der Waals surface area contributed by atoms with Gasteiger partial charge in [-0.2, -0.15) is 12.3 Å². The maximum absolute atomic E-state index is 13.1. The Morgan fingerprint density at radius 3 is 2.05 bits per heavy atom. The molecule has 1 aliphatic rings. The number of quaternary nitrogens is 1. The Balaban J connectivity index is 2.51. The molecule has 21 heavy (non-hydrogen) atoms. The van der Waals surface area contributed by atoms with Gasteiger partial charge in [-0.3, -0.25) is 0 Å². The number of methoxy groups -OCH3 is 2. The topological polar surface area (TPSA) is 52.6 Å². The molecule has 0 radical (unpaired) electrons. The Hall–Kier alpha value is -1.02. The van der Waals surface area contributed by atoms with Crippen LogP contribution in [-0.4, -0.2) is 46.0 Å². The van der Waals surface area contributed by atoms with Crippen LogP contribution in [0.3, 0.4) is 0 Å². The van der Waals surface area contributed by atoms with Gasteiger partial charge >= 0.3 is 16.4 Å². The predicted molar refractivity (Wildman–Crippen MR) is 75.2 cm³/mol. The predicted octanol–water partition coefficient (Wildman–Crippen LogP) is 2.09. The summed E-state index contributed by atoms with van der Waals surface area (Å²) in [4.78, 5) is 0.0879. The number of halogens is 1. The average molecular weight is 318 g/mol. The monoisotopic (exact) mass is 318 g/mol. The van der Waals surface area contributed by atoms with E-state index in [-0.39, 0.29) is 8.78 Å². The summed E-state index contributed by atoms with van der Waals surface area (Å²) in [6.07, 6.45) is 1.66. The first-order chi connectivity index (χ1) is 9.98. The lowest BCUT2D eigenvalue weighted by molar-refractivity contribution is -0.891. The van der Waals surface area contributed by atoms with Crippen molar-refractivity contribution in [2.45, 2.75) is 30.6 Å². The lowest BCUT2D eigenvalue weighted by Crippen LogP contribution is -2.62. The van der Waals surface area contributed by atoms with Crippen LogP contribution in [0.1, 0.15) is 19.3 Å². The maximum atomic E-state index is 13.1. The number of benzene rings is 1. The van der Waals surface area contributed by atoms with Gasteiger partial charge in [-0.25, -0.2) is 4.39 Å². The van der Waals surface area contributed by atoms with Crippen LogP contribution in [0.5, 0.6) is 0 Å². The van der Waals surface area contributed by atoms with E-state index in [2.05, 4.69) is 0 Å². The zero-order valence-electron chi connectivity index (χ0n) is 12.3. The molecule has 1 aliphatic heterocycles. The van der Waals surface area contributed by atoms with Crippen molar-refractivity contribution >= 4 is 10.0 Å². The highest BCUT2D eigenvalue weighted by Crippen LogP contribution is 2.33. The molecule has 0 amide bonds. The second-order valence-corrected chi connectivity index (χ2v) is 7.32. The Morgan fingerprint density at radius 2 is 1.57 bits per heavy atom. The van der Waals surface area contributed by atoms with E-state index in [0.717, 1.165) is 31.4 Å². The molecule has 0 spiro atoms. The second-order valence-electron chi connectivity index (χ2n) is 5.17. The number of hydrogen-bond donors (Lipinski definition) is 0. The van der Waals surface area contributed by atoms with E-state index in [1.807, 2.05) is 0 Å². The standard InChI is InChI=1S/C14H21FNO4S/c1-19-14(20-2)16(10-4-3-5-11-16)21(17,18)13-8-6-12(15)7-9-13/h6-9,14H,3-5,10-11H2,1-2H3/q+1. The maximum Gasteiger partial charge on any atom is 0.331 e. The largest absolute Gasteiger partial charge is 0.331 e. The summed E-state index contributed by atoms with van der Waals surface area (Å²) < 4.78 is 49.4. The number of sulfonamides is 1. The van der Waals surface area contributed by atoms with Gasteiger partial charge in [0.15, 0.2) is 0 Å². The first kappa shape index (κ1) is 16.4. The minimum atomic E-state index is -3.74. The van der Waals surface area contributed by atoms with Crippen molar-refractivity contribution in [2.75, 3.05) is 27.3 Å². The third-order valence-corrected chi connectivity index (χ3v) is 6.31. The molecular formula is C14H21FNO4S+. The molecular weight excluding hydrogens is 297 g/mol. The van der Waals surface area contributed by atoms with Crippen molar-refractivity contribution in [3.05, 3.63) is 30.1 Å². The molecule has 1 aromatic rings. The van der Waals surface area contributed by atoms with Crippen LogP contribution in [0.4, 0.5) is 4.39 Å². The summed E-state index contributed by atoms with van der Waals surface area (Å²) in [6.45, 7) is 0.845. The summed E-state index contributed by atoms with van der Waals surface area (Å²) in [6, 6.07) is 4.90. The Morgan fingerprint density at radius 1 is 1.05 bits per heavy atom. The fourth-order valence-electron chi connectivity index (χ4n) is 2.91. The van der Waals surface area contributed by atoms with Crippen molar-refractivity contribution in [1.29, 1.82) is 0 Å². The summed E-state index contributed by atoms with van der Waals surface area (Å²) >= 11 is 0. The molecule has 2 rings (SSSR count). The van der Waals surface area contributed by atoms with Crippen LogP contribution in [0.15, 0.2) is 29.2 Å². The quantitative estimate of drug-likeness (QED) is 0.616. The van der Waals surface area contributed by atoms with Crippen molar-refractivity contribution in [3.8, 4) is 0 Å². The SMILES string of the molecule is COC(OC)[N+]1(S(=O)(=O)c2ccc(F)cc2)CCCCC1. The molecule has 0 N–H and O–H groups in total. The van der Waals surface area contributed by atoms with Crippen LogP contribution in [0, 0.1) is 5.82 Å². The van der Waals surface area contributed by atoms with Gasteiger partial charge in [0.1, 0.15) is 10.7 Å². The number of rotatable bonds is 5. The smallest absolute Gasteiger partial charge is 0.308 e. The average Bonchev–Trinajstić information content (AvgIpc) is 2.49. The number of nitrogens with zero attached hydrogens (tertiary/aromatic N) is 1. The number of likely N-dealkylation sites (tertiary alicyclic amines) is 1. The van der Waals surface area contributed by atoms with Crippen LogP contribution >= 0.6 is 0 Å². The molecule has 1 fully saturated rings. The number of hydrogen-bond acceptors (Lipinski definition) is 4. The first-order valence-corrected chi connectivity index (χ1v) is 8.35. The van der Waals surface area contributed by atoms with Crippen molar-refractivity contribution in [1.82, 2.24) is 0 Å². The zero-order valence-corrected chi connectivity index (χ0v) is 13.1. The van der Waals surface area contributed by atoms with Crippen molar-refractivity contribution < 1.29 is 26.2 Å². The van der Waals surface area contributed by atoms with Gasteiger partial charge in [-0.1, -0.05) is 0 Å². The van der Waals surface area contributed by atoms with Gasteiger partial charge in [0.25, 0.3) is 0 Å². The molecule has 1 saturated heterocycles. The highest BCUT2D eigenvalue weighted by Gasteiger charge is 2.51. The molecule has 5 nitrogen and oxygen atoms in total. The third kappa shape index (κ3) is 2.83. The number of ether oxygens (including phenoxy) is 2. The second kappa shape index (κ2) is 6.39. The highest BCUT2D eigenvalue weighted by molar-refractivity contribution is 7.86. The molecule has 118 valence electrons. The summed E-state index contributed by atoms with van der Waals surface area (Å²) in [5, 5.41) is 0. The molecule has 0 unspecified atom stereocenters. The minimum absolute atomic E-state index is 0.0879. The Labute approximate surface area is 124 Å². The van der Waals surface area contributed by atoms with Crippen LogP contribution < -0.4 is 0 Å². The van der Waals surface area contributed by atoms with Gasteiger partial charge in [0, 0.05) is 14.2 Å². The van der Waals surface area contributed by atoms with Crippen LogP contribution in [0.2, 0.25) is 0 Å². The fourth-order valence-corrected chi connectivity index (χ4v) is 4.95. The van der Waals surface area contributed by atoms with Gasteiger partial charge in [-0.05, 0) is 43.5 Å². The lowest BCUT2D eigenvalue weighted by atomic mass is 10.1. The third-order valence-electron chi connectivity index (χ3n) is 3.95. The van der Waals surface area contributed by atoms with E-state index in [0.29, 0.717) is 13.1 Å². The van der Waals surface area contributed by atoms with E-state index in [1.165, 1.54) is 26.4 Å². The molecule has 0 aromatic heterocycles. The molecule has 1 heterocycles. The molecule has 0 atom stereocenters. The molecule has 0 saturated carbocycles. The van der Waals surface area contributed by atoms with Crippen LogP contribution in [0.25, 0.3) is 0 Å². The lowest BCUT2D eigenvalue weighted by Gasteiger charge is -2.42. The van der Waals surface area contributed by atoms with Gasteiger partial charge < -0.3 is 9.47 Å². The van der Waals surface area contributed by atoms with Crippen molar-refractivity contribution in [3.63, 3.8) is 0 Å². The summed E-state index contributed by atoms with van der Waals surface area (Å²) in [5.74, 6) is -0.464. The van der Waals surface area contributed by atoms with Crippen molar-refractivity contribution in [2.24, 2.45) is 0 Å². The Kier molecular flexibility index (Phi) is 4.98.